The van der Waals surface area contributed by atoms with Gasteiger partial charge in [0.2, 0.25) is 0 Å². The van der Waals surface area contributed by atoms with E-state index in [1.54, 1.807) is 11.6 Å². The second-order valence-electron chi connectivity index (χ2n) is 5.01. The van der Waals surface area contributed by atoms with Gasteiger partial charge in [0.15, 0.2) is 11.6 Å². The van der Waals surface area contributed by atoms with Gasteiger partial charge >= 0.3 is 0 Å². The highest BCUT2D eigenvalue weighted by Gasteiger charge is 2.19. The Kier molecular flexibility index (Phi) is 3.33. The Morgan fingerprint density at radius 2 is 1.85 bits per heavy atom. The molecule has 20 heavy (non-hydrogen) atoms. The Hall–Kier alpha value is -2.05. The van der Waals surface area contributed by atoms with Crippen molar-refractivity contribution in [1.29, 1.82) is 0 Å². The third-order valence-electron chi connectivity index (χ3n) is 3.43. The van der Waals surface area contributed by atoms with Gasteiger partial charge in [-0.05, 0) is 33.1 Å². The van der Waals surface area contributed by atoms with Gasteiger partial charge in [-0.25, -0.2) is 14.4 Å². The van der Waals surface area contributed by atoms with Crippen molar-refractivity contribution >= 4 is 5.82 Å². The topological polar surface area (TPSA) is 59.7 Å². The molecule has 0 atom stereocenters. The maximum atomic E-state index is 14.0. The third-order valence-corrected chi connectivity index (χ3v) is 3.43. The zero-order chi connectivity index (χ0) is 14.1. The van der Waals surface area contributed by atoms with E-state index in [1.165, 1.54) is 12.6 Å². The van der Waals surface area contributed by atoms with Crippen molar-refractivity contribution in [2.45, 2.75) is 33.1 Å². The van der Waals surface area contributed by atoms with Crippen molar-refractivity contribution < 1.29 is 4.39 Å². The van der Waals surface area contributed by atoms with Crippen LogP contribution in [0.3, 0.4) is 0 Å². The van der Waals surface area contributed by atoms with Gasteiger partial charge in [-0.2, -0.15) is 9.67 Å². The SMILES string of the molecule is Cc1nc(C)n(-c2ncc(F)c(N3CCCCC3)n2)n1. The Morgan fingerprint density at radius 1 is 1.10 bits per heavy atom. The van der Waals surface area contributed by atoms with Crippen molar-refractivity contribution in [3.8, 4) is 5.95 Å². The summed E-state index contributed by atoms with van der Waals surface area (Å²) in [6, 6.07) is 0. The lowest BCUT2D eigenvalue weighted by Gasteiger charge is -2.27. The average molecular weight is 276 g/mol. The van der Waals surface area contributed by atoms with E-state index >= 15 is 0 Å². The van der Waals surface area contributed by atoms with E-state index in [1.807, 2.05) is 11.8 Å². The van der Waals surface area contributed by atoms with Gasteiger partial charge < -0.3 is 4.90 Å². The van der Waals surface area contributed by atoms with Crippen LogP contribution in [-0.4, -0.2) is 37.8 Å². The van der Waals surface area contributed by atoms with E-state index in [0.29, 0.717) is 23.4 Å². The number of piperidine rings is 1. The third kappa shape index (κ3) is 2.35. The molecule has 2 aromatic rings. The molecule has 2 aromatic heterocycles. The fourth-order valence-electron chi connectivity index (χ4n) is 2.49. The van der Waals surface area contributed by atoms with E-state index in [4.69, 9.17) is 0 Å². The van der Waals surface area contributed by atoms with Crippen molar-refractivity contribution in [2.75, 3.05) is 18.0 Å². The van der Waals surface area contributed by atoms with Gasteiger partial charge in [-0.15, -0.1) is 5.10 Å². The van der Waals surface area contributed by atoms with Gasteiger partial charge in [0.1, 0.15) is 11.6 Å². The highest BCUT2D eigenvalue weighted by Crippen LogP contribution is 2.21. The van der Waals surface area contributed by atoms with Crippen LogP contribution in [-0.2, 0) is 0 Å². The zero-order valence-electron chi connectivity index (χ0n) is 11.7. The van der Waals surface area contributed by atoms with Crippen molar-refractivity contribution in [3.63, 3.8) is 0 Å². The standard InChI is InChI=1S/C13H17FN6/c1-9-16-10(2)20(18-9)13-15-8-11(14)12(17-13)19-6-4-3-5-7-19/h8H,3-7H2,1-2H3. The monoisotopic (exact) mass is 276 g/mol. The fraction of sp³-hybridized carbons (Fsp3) is 0.538. The zero-order valence-corrected chi connectivity index (χ0v) is 11.7. The summed E-state index contributed by atoms with van der Waals surface area (Å²) in [6.07, 6.45) is 4.54. The molecule has 0 bridgehead atoms. The minimum Gasteiger partial charge on any atom is -0.354 e. The number of anilines is 1. The second-order valence-corrected chi connectivity index (χ2v) is 5.01. The lowest BCUT2D eigenvalue weighted by atomic mass is 10.1. The summed E-state index contributed by atoms with van der Waals surface area (Å²) in [5, 5.41) is 4.24. The minimum atomic E-state index is -0.384. The van der Waals surface area contributed by atoms with Gasteiger partial charge in [0.25, 0.3) is 5.95 Å². The van der Waals surface area contributed by atoms with Crippen LogP contribution < -0.4 is 4.90 Å². The summed E-state index contributed by atoms with van der Waals surface area (Å²) >= 11 is 0. The first-order valence-electron chi connectivity index (χ1n) is 6.83. The molecule has 7 heteroatoms. The van der Waals surface area contributed by atoms with E-state index < -0.39 is 0 Å². The van der Waals surface area contributed by atoms with Gasteiger partial charge in [0.05, 0.1) is 6.20 Å². The number of nitrogens with zero attached hydrogens (tertiary/aromatic N) is 6. The van der Waals surface area contributed by atoms with Crippen molar-refractivity contribution in [3.05, 3.63) is 23.7 Å². The molecule has 0 unspecified atom stereocenters. The van der Waals surface area contributed by atoms with E-state index in [9.17, 15) is 4.39 Å². The number of rotatable bonds is 2. The van der Waals surface area contributed by atoms with E-state index in [2.05, 4.69) is 20.1 Å². The maximum absolute atomic E-state index is 14.0. The maximum Gasteiger partial charge on any atom is 0.254 e. The molecule has 0 amide bonds. The highest BCUT2D eigenvalue weighted by atomic mass is 19.1. The van der Waals surface area contributed by atoms with Crippen molar-refractivity contribution in [1.82, 2.24) is 24.7 Å². The number of halogens is 1. The van der Waals surface area contributed by atoms with Crippen LogP contribution in [0.15, 0.2) is 6.20 Å². The number of hydrogen-bond donors (Lipinski definition) is 0. The van der Waals surface area contributed by atoms with E-state index in [0.717, 1.165) is 25.9 Å². The molecule has 0 saturated carbocycles. The average Bonchev–Trinajstić information content (AvgIpc) is 2.79. The van der Waals surface area contributed by atoms with Crippen LogP contribution >= 0.6 is 0 Å². The van der Waals surface area contributed by atoms with Gasteiger partial charge in [0, 0.05) is 13.1 Å². The van der Waals surface area contributed by atoms with Crippen LogP contribution in [0.1, 0.15) is 30.9 Å². The van der Waals surface area contributed by atoms with Crippen LogP contribution in [0.25, 0.3) is 5.95 Å². The molecule has 106 valence electrons. The Balaban J connectivity index is 1.99. The fourth-order valence-corrected chi connectivity index (χ4v) is 2.49. The molecular formula is C13H17FN6. The molecule has 3 rings (SSSR count). The minimum absolute atomic E-state index is 0.363. The lowest BCUT2D eigenvalue weighted by Crippen LogP contribution is -2.31. The highest BCUT2D eigenvalue weighted by molar-refractivity contribution is 5.41. The first kappa shape index (κ1) is 13.0. The van der Waals surface area contributed by atoms with Crippen LogP contribution in [0.4, 0.5) is 10.2 Å². The van der Waals surface area contributed by atoms with Gasteiger partial charge in [-0.1, -0.05) is 0 Å². The Labute approximate surface area is 116 Å². The van der Waals surface area contributed by atoms with Crippen LogP contribution in [0.5, 0.6) is 0 Å². The van der Waals surface area contributed by atoms with Gasteiger partial charge in [-0.3, -0.25) is 0 Å². The molecule has 0 spiro atoms. The molecule has 1 saturated heterocycles. The summed E-state index contributed by atoms with van der Waals surface area (Å²) in [5.74, 6) is 1.69. The molecule has 0 aromatic carbocycles. The predicted molar refractivity (Wildman–Crippen MR) is 72.4 cm³/mol. The number of aryl methyl sites for hydroxylation is 2. The summed E-state index contributed by atoms with van der Waals surface area (Å²) in [6.45, 7) is 5.30. The molecule has 3 heterocycles. The predicted octanol–water partition coefficient (Wildman–Crippen LogP) is 1.80. The number of hydrogen-bond acceptors (Lipinski definition) is 5. The van der Waals surface area contributed by atoms with E-state index in [-0.39, 0.29) is 5.82 Å². The Bertz CT molecular complexity index is 617. The molecule has 1 aliphatic rings. The quantitative estimate of drug-likeness (QED) is 0.837. The van der Waals surface area contributed by atoms with Crippen LogP contribution in [0, 0.1) is 19.7 Å². The van der Waals surface area contributed by atoms with Crippen molar-refractivity contribution in [2.24, 2.45) is 0 Å². The summed E-state index contributed by atoms with van der Waals surface area (Å²) < 4.78 is 15.5. The first-order valence-corrected chi connectivity index (χ1v) is 6.83. The summed E-state index contributed by atoms with van der Waals surface area (Å²) in [4.78, 5) is 14.6. The molecular weight excluding hydrogens is 259 g/mol. The molecule has 0 radical (unpaired) electrons. The first-order chi connectivity index (χ1) is 9.65. The summed E-state index contributed by atoms with van der Waals surface area (Å²) in [7, 11) is 0. The molecule has 6 nitrogen and oxygen atoms in total. The lowest BCUT2D eigenvalue weighted by molar-refractivity contribution is 0.544. The smallest absolute Gasteiger partial charge is 0.254 e. The summed E-state index contributed by atoms with van der Waals surface area (Å²) in [5.41, 5.74) is 0. The number of aromatic nitrogens is 5. The Morgan fingerprint density at radius 3 is 2.50 bits per heavy atom. The van der Waals surface area contributed by atoms with Crippen LogP contribution in [0.2, 0.25) is 0 Å². The molecule has 0 N–H and O–H groups in total. The second kappa shape index (κ2) is 5.15. The molecule has 0 aliphatic carbocycles. The normalized spacial score (nSPS) is 15.7. The largest absolute Gasteiger partial charge is 0.354 e. The molecule has 1 fully saturated rings. The molecule has 1 aliphatic heterocycles.